The van der Waals surface area contributed by atoms with Gasteiger partial charge in [-0.3, -0.25) is 9.59 Å². The van der Waals surface area contributed by atoms with Gasteiger partial charge in [0, 0.05) is 10.2 Å². The van der Waals surface area contributed by atoms with E-state index in [0.29, 0.717) is 11.4 Å². The molecule has 1 aromatic heterocycles. The molecule has 7 heteroatoms. The van der Waals surface area contributed by atoms with Gasteiger partial charge in [0.25, 0.3) is 0 Å². The first-order chi connectivity index (χ1) is 9.65. The quantitative estimate of drug-likeness (QED) is 0.512. The lowest BCUT2D eigenvalue weighted by atomic mass is 10.3. The summed E-state index contributed by atoms with van der Waals surface area (Å²) < 4.78 is 5.85. The smallest absolute Gasteiger partial charge is 0.329 e. The van der Waals surface area contributed by atoms with Gasteiger partial charge in [-0.1, -0.05) is 15.9 Å². The lowest BCUT2D eigenvalue weighted by molar-refractivity contribution is -0.136. The van der Waals surface area contributed by atoms with Crippen molar-refractivity contribution < 1.29 is 14.0 Å². The van der Waals surface area contributed by atoms with Crippen molar-refractivity contribution in [3.8, 4) is 0 Å². The second-order valence-corrected chi connectivity index (χ2v) is 4.59. The van der Waals surface area contributed by atoms with Crippen molar-refractivity contribution in [3.63, 3.8) is 0 Å². The van der Waals surface area contributed by atoms with E-state index in [2.05, 4.69) is 31.8 Å². The van der Waals surface area contributed by atoms with Crippen LogP contribution in [0.5, 0.6) is 0 Å². The molecule has 0 aliphatic heterocycles. The molecule has 0 saturated heterocycles. The van der Waals surface area contributed by atoms with Crippen LogP contribution in [0.1, 0.15) is 5.76 Å². The third-order valence-corrected chi connectivity index (χ3v) is 2.74. The number of nitrogens with one attached hydrogen (secondary N) is 2. The molecule has 0 bridgehead atoms. The Balaban J connectivity index is 1.86. The molecule has 1 heterocycles. The molecule has 0 aliphatic carbocycles. The summed E-state index contributed by atoms with van der Waals surface area (Å²) in [7, 11) is 0. The van der Waals surface area contributed by atoms with Crippen LogP contribution < -0.4 is 10.7 Å². The highest BCUT2D eigenvalue weighted by Crippen LogP contribution is 2.13. The SMILES string of the molecule is O=C(NN=Cc1ccco1)C(=O)Nc1ccc(Br)cc1. The fourth-order valence-corrected chi connectivity index (χ4v) is 1.56. The van der Waals surface area contributed by atoms with E-state index in [0.717, 1.165) is 4.47 Å². The summed E-state index contributed by atoms with van der Waals surface area (Å²) in [5.74, 6) is -1.20. The Morgan fingerprint density at radius 3 is 2.55 bits per heavy atom. The minimum atomic E-state index is -0.865. The van der Waals surface area contributed by atoms with Crippen LogP contribution in [0, 0.1) is 0 Å². The maximum Gasteiger partial charge on any atom is 0.329 e. The molecule has 20 heavy (non-hydrogen) atoms. The summed E-state index contributed by atoms with van der Waals surface area (Å²) in [6.07, 6.45) is 2.77. The van der Waals surface area contributed by atoms with Crippen molar-refractivity contribution in [1.82, 2.24) is 5.43 Å². The van der Waals surface area contributed by atoms with E-state index < -0.39 is 11.8 Å². The molecular weight excluding hydrogens is 326 g/mol. The predicted molar refractivity (Wildman–Crippen MR) is 77.2 cm³/mol. The van der Waals surface area contributed by atoms with Gasteiger partial charge in [0.05, 0.1) is 12.5 Å². The van der Waals surface area contributed by atoms with Gasteiger partial charge < -0.3 is 9.73 Å². The Labute approximate surface area is 123 Å². The van der Waals surface area contributed by atoms with E-state index in [1.54, 1.807) is 36.4 Å². The van der Waals surface area contributed by atoms with Gasteiger partial charge >= 0.3 is 11.8 Å². The van der Waals surface area contributed by atoms with E-state index >= 15 is 0 Å². The summed E-state index contributed by atoms with van der Waals surface area (Å²) in [6.45, 7) is 0. The molecule has 6 nitrogen and oxygen atoms in total. The van der Waals surface area contributed by atoms with E-state index in [1.165, 1.54) is 12.5 Å². The third-order valence-electron chi connectivity index (χ3n) is 2.21. The van der Waals surface area contributed by atoms with Crippen molar-refractivity contribution >= 4 is 39.6 Å². The van der Waals surface area contributed by atoms with Crippen LogP contribution in [0.4, 0.5) is 5.69 Å². The Kier molecular flexibility index (Phi) is 4.67. The highest BCUT2D eigenvalue weighted by atomic mass is 79.9. The number of hydrazone groups is 1. The average molecular weight is 336 g/mol. The van der Waals surface area contributed by atoms with Crippen LogP contribution in [-0.4, -0.2) is 18.0 Å². The van der Waals surface area contributed by atoms with Crippen LogP contribution in [0.2, 0.25) is 0 Å². The second-order valence-electron chi connectivity index (χ2n) is 3.68. The summed E-state index contributed by atoms with van der Waals surface area (Å²) in [4.78, 5) is 23.0. The first-order valence-corrected chi connectivity index (χ1v) is 6.38. The van der Waals surface area contributed by atoms with Gasteiger partial charge in [0.15, 0.2) is 0 Å². The predicted octanol–water partition coefficient (Wildman–Crippen LogP) is 2.13. The molecule has 2 amide bonds. The normalized spacial score (nSPS) is 10.4. The van der Waals surface area contributed by atoms with E-state index in [9.17, 15) is 9.59 Å². The minimum absolute atomic E-state index is 0.471. The van der Waals surface area contributed by atoms with Gasteiger partial charge in [0.2, 0.25) is 0 Å². The molecule has 0 atom stereocenters. The molecule has 102 valence electrons. The lowest BCUT2D eigenvalue weighted by Crippen LogP contribution is -2.32. The molecule has 2 N–H and O–H groups in total. The zero-order valence-corrected chi connectivity index (χ0v) is 11.8. The van der Waals surface area contributed by atoms with Crippen LogP contribution >= 0.6 is 15.9 Å². The molecule has 0 spiro atoms. The van der Waals surface area contributed by atoms with E-state index in [1.807, 2.05) is 0 Å². The summed E-state index contributed by atoms with van der Waals surface area (Å²) in [5.41, 5.74) is 2.62. The van der Waals surface area contributed by atoms with Crippen molar-refractivity contribution in [3.05, 3.63) is 52.9 Å². The first kappa shape index (κ1) is 14.0. The van der Waals surface area contributed by atoms with E-state index in [-0.39, 0.29) is 0 Å². The highest BCUT2D eigenvalue weighted by molar-refractivity contribution is 9.10. The Hall–Kier alpha value is -2.41. The Bertz CT molecular complexity index is 621. The number of furan rings is 1. The number of halogens is 1. The molecule has 0 fully saturated rings. The average Bonchev–Trinajstić information content (AvgIpc) is 2.94. The zero-order chi connectivity index (χ0) is 14.4. The Morgan fingerprint density at radius 2 is 1.90 bits per heavy atom. The van der Waals surface area contributed by atoms with Gasteiger partial charge in [0.1, 0.15) is 5.76 Å². The van der Waals surface area contributed by atoms with Crippen LogP contribution in [-0.2, 0) is 9.59 Å². The number of nitrogens with zero attached hydrogens (tertiary/aromatic N) is 1. The number of hydrogen-bond donors (Lipinski definition) is 2. The van der Waals surface area contributed by atoms with Crippen LogP contribution in [0.3, 0.4) is 0 Å². The molecule has 0 aliphatic rings. The van der Waals surface area contributed by atoms with E-state index in [4.69, 9.17) is 4.42 Å². The standard InChI is InChI=1S/C13H10BrN3O3/c14-9-3-5-10(6-4-9)16-12(18)13(19)17-15-8-11-2-1-7-20-11/h1-8H,(H,16,18)(H,17,19). The molecule has 2 rings (SSSR count). The fourth-order valence-electron chi connectivity index (χ4n) is 1.29. The zero-order valence-electron chi connectivity index (χ0n) is 10.2. The molecule has 0 saturated carbocycles. The van der Waals surface area contributed by atoms with Crippen LogP contribution in [0.15, 0.2) is 56.7 Å². The number of carbonyl (C=O) groups is 2. The van der Waals surface area contributed by atoms with Gasteiger partial charge in [-0.25, -0.2) is 5.43 Å². The Morgan fingerprint density at radius 1 is 1.15 bits per heavy atom. The van der Waals surface area contributed by atoms with Gasteiger partial charge in [-0.05, 0) is 36.4 Å². The fraction of sp³-hybridized carbons (Fsp3) is 0. The lowest BCUT2D eigenvalue weighted by Gasteiger charge is -2.03. The molecular formula is C13H10BrN3O3. The maximum atomic E-state index is 11.6. The van der Waals surface area contributed by atoms with Crippen molar-refractivity contribution in [2.24, 2.45) is 5.10 Å². The number of amides is 2. The minimum Gasteiger partial charge on any atom is -0.463 e. The highest BCUT2D eigenvalue weighted by Gasteiger charge is 2.12. The molecule has 1 aromatic carbocycles. The monoisotopic (exact) mass is 335 g/mol. The largest absolute Gasteiger partial charge is 0.463 e. The summed E-state index contributed by atoms with van der Waals surface area (Å²) in [6, 6.07) is 10.2. The summed E-state index contributed by atoms with van der Waals surface area (Å²) >= 11 is 3.27. The number of benzene rings is 1. The van der Waals surface area contributed by atoms with Crippen molar-refractivity contribution in [2.45, 2.75) is 0 Å². The third kappa shape index (κ3) is 4.06. The van der Waals surface area contributed by atoms with Crippen LogP contribution in [0.25, 0.3) is 0 Å². The van der Waals surface area contributed by atoms with Gasteiger partial charge in [-0.2, -0.15) is 5.10 Å². The molecule has 0 radical (unpaired) electrons. The molecule has 0 unspecified atom stereocenters. The maximum absolute atomic E-state index is 11.6. The number of carbonyl (C=O) groups excluding carboxylic acids is 2. The second kappa shape index (κ2) is 6.67. The topological polar surface area (TPSA) is 83.7 Å². The van der Waals surface area contributed by atoms with Crippen molar-refractivity contribution in [2.75, 3.05) is 5.32 Å². The number of anilines is 1. The van der Waals surface area contributed by atoms with Gasteiger partial charge in [-0.15, -0.1) is 0 Å². The molecule has 2 aromatic rings. The number of hydrogen-bond acceptors (Lipinski definition) is 4. The number of rotatable bonds is 3. The summed E-state index contributed by atoms with van der Waals surface area (Å²) in [5, 5.41) is 6.05. The van der Waals surface area contributed by atoms with Crippen molar-refractivity contribution in [1.29, 1.82) is 0 Å². The first-order valence-electron chi connectivity index (χ1n) is 5.58.